The first-order valence-corrected chi connectivity index (χ1v) is 7.00. The Morgan fingerprint density at radius 1 is 1.00 bits per heavy atom. The van der Waals surface area contributed by atoms with Crippen molar-refractivity contribution in [2.75, 3.05) is 14.2 Å². The van der Waals surface area contributed by atoms with Crippen LogP contribution in [0.25, 0.3) is 0 Å². The molecule has 0 aliphatic rings. The molecule has 1 atom stereocenters. The van der Waals surface area contributed by atoms with E-state index >= 15 is 0 Å². The molecule has 2 aromatic rings. The van der Waals surface area contributed by atoms with E-state index in [1.807, 2.05) is 42.5 Å². The molecule has 0 heterocycles. The zero-order valence-corrected chi connectivity index (χ0v) is 13.0. The topological polar surface area (TPSA) is 18.5 Å². The van der Waals surface area contributed by atoms with Gasteiger partial charge in [0.15, 0.2) is 0 Å². The van der Waals surface area contributed by atoms with Crippen molar-refractivity contribution in [3.05, 3.63) is 58.1 Å². The van der Waals surface area contributed by atoms with Crippen molar-refractivity contribution in [3.63, 3.8) is 0 Å². The van der Waals surface area contributed by atoms with Crippen LogP contribution in [-0.2, 0) is 0 Å². The molecule has 0 saturated carbocycles. The molecule has 0 spiro atoms. The molecule has 0 N–H and O–H groups in total. The van der Waals surface area contributed by atoms with E-state index in [9.17, 15) is 0 Å². The van der Waals surface area contributed by atoms with Gasteiger partial charge in [-0.3, -0.25) is 0 Å². The van der Waals surface area contributed by atoms with E-state index in [0.29, 0.717) is 0 Å². The fourth-order valence-electron chi connectivity index (χ4n) is 1.85. The van der Waals surface area contributed by atoms with Crippen LogP contribution in [-0.4, -0.2) is 14.2 Å². The van der Waals surface area contributed by atoms with E-state index in [2.05, 4.69) is 15.9 Å². The molecule has 19 heavy (non-hydrogen) atoms. The Bertz CT molecular complexity index is 555. The molecule has 2 aromatic carbocycles. The molecule has 0 aromatic heterocycles. The lowest BCUT2D eigenvalue weighted by Crippen LogP contribution is -1.98. The maximum absolute atomic E-state index is 6.55. The molecular formula is C15H14BrClO2. The molecule has 2 rings (SSSR count). The standard InChI is InChI=1S/C15H14BrClO2/c1-18-12-7-8-14(19-2)13(9-12)15(17)10-3-5-11(16)6-4-10/h3-9,15H,1-2H3. The zero-order chi connectivity index (χ0) is 13.8. The van der Waals surface area contributed by atoms with Crippen molar-refractivity contribution in [1.29, 1.82) is 0 Å². The third-order valence-corrected chi connectivity index (χ3v) is 3.89. The molecule has 0 fully saturated rings. The van der Waals surface area contributed by atoms with Gasteiger partial charge in [0.2, 0.25) is 0 Å². The van der Waals surface area contributed by atoms with E-state index in [0.717, 1.165) is 27.1 Å². The Morgan fingerprint density at radius 2 is 1.68 bits per heavy atom. The summed E-state index contributed by atoms with van der Waals surface area (Å²) in [6.07, 6.45) is 0. The molecule has 1 unspecified atom stereocenters. The van der Waals surface area contributed by atoms with Gasteiger partial charge in [-0.05, 0) is 35.9 Å². The van der Waals surface area contributed by atoms with Crippen molar-refractivity contribution in [2.24, 2.45) is 0 Å². The van der Waals surface area contributed by atoms with Crippen molar-refractivity contribution in [1.82, 2.24) is 0 Å². The van der Waals surface area contributed by atoms with Crippen LogP contribution in [0.2, 0.25) is 0 Å². The molecule has 0 radical (unpaired) electrons. The van der Waals surface area contributed by atoms with Crippen LogP contribution in [0.15, 0.2) is 46.9 Å². The Labute approximate surface area is 126 Å². The molecule has 0 amide bonds. The number of alkyl halides is 1. The maximum atomic E-state index is 6.55. The van der Waals surface area contributed by atoms with Gasteiger partial charge in [0.25, 0.3) is 0 Å². The highest BCUT2D eigenvalue weighted by Gasteiger charge is 2.16. The summed E-state index contributed by atoms with van der Waals surface area (Å²) >= 11 is 9.96. The lowest BCUT2D eigenvalue weighted by molar-refractivity contribution is 0.399. The smallest absolute Gasteiger partial charge is 0.124 e. The van der Waals surface area contributed by atoms with Crippen molar-refractivity contribution < 1.29 is 9.47 Å². The third kappa shape index (κ3) is 3.23. The minimum atomic E-state index is -0.279. The van der Waals surface area contributed by atoms with E-state index < -0.39 is 0 Å². The van der Waals surface area contributed by atoms with Crippen LogP contribution in [0.5, 0.6) is 11.5 Å². The minimum absolute atomic E-state index is 0.279. The number of rotatable bonds is 4. The molecule has 0 saturated heterocycles. The first-order valence-electron chi connectivity index (χ1n) is 5.77. The van der Waals surface area contributed by atoms with E-state index in [-0.39, 0.29) is 5.38 Å². The van der Waals surface area contributed by atoms with Gasteiger partial charge in [0.1, 0.15) is 11.5 Å². The second-order valence-electron chi connectivity index (χ2n) is 4.02. The Kier molecular flexibility index (Phi) is 4.72. The van der Waals surface area contributed by atoms with Crippen molar-refractivity contribution >= 4 is 27.5 Å². The second-order valence-corrected chi connectivity index (χ2v) is 5.37. The molecular weight excluding hydrogens is 328 g/mol. The lowest BCUT2D eigenvalue weighted by Gasteiger charge is -2.15. The molecule has 0 bridgehead atoms. The summed E-state index contributed by atoms with van der Waals surface area (Å²) in [7, 11) is 3.27. The summed E-state index contributed by atoms with van der Waals surface area (Å²) < 4.78 is 11.6. The summed E-state index contributed by atoms with van der Waals surface area (Å²) in [5.74, 6) is 1.52. The Balaban J connectivity index is 2.41. The highest BCUT2D eigenvalue weighted by atomic mass is 79.9. The number of methoxy groups -OCH3 is 2. The fraction of sp³-hybridized carbons (Fsp3) is 0.200. The number of benzene rings is 2. The number of halogens is 2. The molecule has 2 nitrogen and oxygen atoms in total. The summed E-state index contributed by atoms with van der Waals surface area (Å²) in [6, 6.07) is 13.5. The number of hydrogen-bond acceptors (Lipinski definition) is 2. The van der Waals surface area contributed by atoms with Crippen LogP contribution in [0.3, 0.4) is 0 Å². The van der Waals surface area contributed by atoms with E-state index in [1.54, 1.807) is 14.2 Å². The SMILES string of the molecule is COc1ccc(OC)c(C(Cl)c2ccc(Br)cc2)c1. The third-order valence-electron chi connectivity index (χ3n) is 2.87. The first kappa shape index (κ1) is 14.2. The van der Waals surface area contributed by atoms with Gasteiger partial charge in [-0.2, -0.15) is 0 Å². The lowest BCUT2D eigenvalue weighted by atomic mass is 10.0. The molecule has 4 heteroatoms. The maximum Gasteiger partial charge on any atom is 0.124 e. The minimum Gasteiger partial charge on any atom is -0.497 e. The van der Waals surface area contributed by atoms with Crippen molar-refractivity contribution in [3.8, 4) is 11.5 Å². The van der Waals surface area contributed by atoms with E-state index in [4.69, 9.17) is 21.1 Å². The van der Waals surface area contributed by atoms with E-state index in [1.165, 1.54) is 0 Å². The van der Waals surface area contributed by atoms with Gasteiger partial charge in [-0.15, -0.1) is 11.6 Å². The van der Waals surface area contributed by atoms with Crippen LogP contribution in [0, 0.1) is 0 Å². The number of hydrogen-bond donors (Lipinski definition) is 0. The predicted octanol–water partition coefficient (Wildman–Crippen LogP) is 4.79. The van der Waals surface area contributed by atoms with Gasteiger partial charge in [0, 0.05) is 10.0 Å². The van der Waals surface area contributed by atoms with Gasteiger partial charge in [0.05, 0.1) is 19.6 Å². The van der Waals surface area contributed by atoms with Crippen LogP contribution in [0.4, 0.5) is 0 Å². The van der Waals surface area contributed by atoms with Gasteiger partial charge in [-0.1, -0.05) is 28.1 Å². The summed E-state index contributed by atoms with van der Waals surface area (Å²) in [4.78, 5) is 0. The Hall–Kier alpha value is -1.19. The van der Waals surface area contributed by atoms with Crippen LogP contribution < -0.4 is 9.47 Å². The monoisotopic (exact) mass is 340 g/mol. The van der Waals surface area contributed by atoms with Crippen molar-refractivity contribution in [2.45, 2.75) is 5.38 Å². The van der Waals surface area contributed by atoms with Gasteiger partial charge >= 0.3 is 0 Å². The molecule has 0 aliphatic heterocycles. The highest BCUT2D eigenvalue weighted by Crippen LogP contribution is 2.37. The second kappa shape index (κ2) is 6.31. The van der Waals surface area contributed by atoms with Gasteiger partial charge in [-0.25, -0.2) is 0 Å². The zero-order valence-electron chi connectivity index (χ0n) is 10.7. The normalized spacial score (nSPS) is 12.0. The van der Waals surface area contributed by atoms with Crippen LogP contribution >= 0.6 is 27.5 Å². The summed E-state index contributed by atoms with van der Waals surface area (Å²) in [5, 5.41) is -0.279. The highest BCUT2D eigenvalue weighted by molar-refractivity contribution is 9.10. The average molecular weight is 342 g/mol. The largest absolute Gasteiger partial charge is 0.497 e. The first-order chi connectivity index (χ1) is 9.15. The summed E-state index contributed by atoms with van der Waals surface area (Å²) in [5.41, 5.74) is 1.90. The predicted molar refractivity (Wildman–Crippen MR) is 81.4 cm³/mol. The summed E-state index contributed by atoms with van der Waals surface area (Å²) in [6.45, 7) is 0. The quantitative estimate of drug-likeness (QED) is 0.744. The average Bonchev–Trinajstić information content (AvgIpc) is 2.46. The Morgan fingerprint density at radius 3 is 2.26 bits per heavy atom. The number of ether oxygens (including phenoxy) is 2. The molecule has 100 valence electrons. The van der Waals surface area contributed by atoms with Gasteiger partial charge < -0.3 is 9.47 Å². The molecule has 0 aliphatic carbocycles. The van der Waals surface area contributed by atoms with Crippen LogP contribution in [0.1, 0.15) is 16.5 Å². The fourth-order valence-corrected chi connectivity index (χ4v) is 2.43.